The summed E-state index contributed by atoms with van der Waals surface area (Å²) >= 11 is 0. The molecule has 1 N–H and O–H groups in total. The zero-order valence-corrected chi connectivity index (χ0v) is 5.51. The Hall–Kier alpha value is -0.300. The van der Waals surface area contributed by atoms with Crippen molar-refractivity contribution in [1.29, 1.82) is 0 Å². The van der Waals surface area contributed by atoms with Gasteiger partial charge in [0.15, 0.2) is 0 Å². The Morgan fingerprint density at radius 3 is 2.78 bits per heavy atom. The zero-order chi connectivity index (χ0) is 6.27. The molecule has 0 unspecified atom stereocenters. The molecule has 0 heterocycles. The standard InChI is InChI=1S/C8H12O/c9-5-8-4-6-1-2-7(8)3-6/h4,6-7,9H,1-3,5H2/t6-,7+/m1/s1. The van der Waals surface area contributed by atoms with Gasteiger partial charge in [-0.2, -0.15) is 0 Å². The summed E-state index contributed by atoms with van der Waals surface area (Å²) in [6, 6.07) is 0. The minimum Gasteiger partial charge on any atom is -0.392 e. The summed E-state index contributed by atoms with van der Waals surface area (Å²) in [6.07, 6.45) is 6.30. The fourth-order valence-electron chi connectivity index (χ4n) is 2.13. The van der Waals surface area contributed by atoms with Crippen molar-refractivity contribution in [3.63, 3.8) is 0 Å². The highest BCUT2D eigenvalue weighted by molar-refractivity contribution is 5.19. The third-order valence-corrected chi connectivity index (χ3v) is 2.63. The van der Waals surface area contributed by atoms with Gasteiger partial charge in [-0.25, -0.2) is 0 Å². The zero-order valence-electron chi connectivity index (χ0n) is 5.51. The molecule has 2 aliphatic carbocycles. The lowest BCUT2D eigenvalue weighted by Crippen LogP contribution is -2.00. The van der Waals surface area contributed by atoms with Crippen LogP contribution in [0.25, 0.3) is 0 Å². The maximum absolute atomic E-state index is 8.82. The first-order valence-corrected chi connectivity index (χ1v) is 3.71. The van der Waals surface area contributed by atoms with Crippen LogP contribution in [0.4, 0.5) is 0 Å². The van der Waals surface area contributed by atoms with Crippen LogP contribution in [0.1, 0.15) is 19.3 Å². The van der Waals surface area contributed by atoms with E-state index in [1.165, 1.54) is 24.8 Å². The van der Waals surface area contributed by atoms with Gasteiger partial charge in [-0.1, -0.05) is 6.08 Å². The van der Waals surface area contributed by atoms with Gasteiger partial charge < -0.3 is 5.11 Å². The molecule has 2 bridgehead atoms. The van der Waals surface area contributed by atoms with Crippen molar-refractivity contribution in [2.45, 2.75) is 19.3 Å². The molecule has 0 aromatic carbocycles. The summed E-state index contributed by atoms with van der Waals surface area (Å²) in [4.78, 5) is 0. The Morgan fingerprint density at radius 1 is 1.56 bits per heavy atom. The van der Waals surface area contributed by atoms with Crippen LogP contribution in [0, 0.1) is 11.8 Å². The Balaban J connectivity index is 2.18. The average Bonchev–Trinajstić information content (AvgIpc) is 2.45. The van der Waals surface area contributed by atoms with Crippen LogP contribution in [0.5, 0.6) is 0 Å². The van der Waals surface area contributed by atoms with Crippen LogP contribution in [-0.2, 0) is 0 Å². The molecule has 2 atom stereocenters. The maximum atomic E-state index is 8.82. The average molecular weight is 124 g/mol. The van der Waals surface area contributed by atoms with Gasteiger partial charge in [-0.05, 0) is 36.7 Å². The largest absolute Gasteiger partial charge is 0.392 e. The molecule has 0 radical (unpaired) electrons. The van der Waals surface area contributed by atoms with E-state index in [2.05, 4.69) is 6.08 Å². The molecule has 1 saturated carbocycles. The van der Waals surface area contributed by atoms with Gasteiger partial charge in [-0.15, -0.1) is 0 Å². The van der Waals surface area contributed by atoms with E-state index in [1.54, 1.807) is 0 Å². The minimum absolute atomic E-state index is 0.307. The molecule has 1 fully saturated rings. The number of rotatable bonds is 1. The number of aliphatic hydroxyl groups excluding tert-OH is 1. The normalized spacial score (nSPS) is 39.4. The highest BCUT2D eigenvalue weighted by atomic mass is 16.3. The second kappa shape index (κ2) is 1.84. The number of aliphatic hydroxyl groups is 1. The molecule has 0 aliphatic heterocycles. The van der Waals surface area contributed by atoms with Crippen molar-refractivity contribution in [1.82, 2.24) is 0 Å². The fourth-order valence-corrected chi connectivity index (χ4v) is 2.13. The summed E-state index contributed by atoms with van der Waals surface area (Å²) in [5.74, 6) is 1.59. The molecule has 9 heavy (non-hydrogen) atoms. The van der Waals surface area contributed by atoms with Gasteiger partial charge in [0.05, 0.1) is 6.61 Å². The van der Waals surface area contributed by atoms with Crippen molar-refractivity contribution in [3.05, 3.63) is 11.6 Å². The van der Waals surface area contributed by atoms with Gasteiger partial charge in [0.1, 0.15) is 0 Å². The lowest BCUT2D eigenvalue weighted by Gasteiger charge is -2.08. The Bertz CT molecular complexity index is 149. The molecule has 0 spiro atoms. The molecule has 1 nitrogen and oxygen atoms in total. The quantitative estimate of drug-likeness (QED) is 0.523. The monoisotopic (exact) mass is 124 g/mol. The smallest absolute Gasteiger partial charge is 0.0644 e. The van der Waals surface area contributed by atoms with Crippen LogP contribution < -0.4 is 0 Å². The first-order chi connectivity index (χ1) is 4.40. The fraction of sp³-hybridized carbons (Fsp3) is 0.750. The van der Waals surface area contributed by atoms with Crippen LogP contribution in [0.2, 0.25) is 0 Å². The van der Waals surface area contributed by atoms with Crippen LogP contribution in [-0.4, -0.2) is 11.7 Å². The van der Waals surface area contributed by atoms with Crippen molar-refractivity contribution < 1.29 is 5.11 Å². The predicted molar refractivity (Wildman–Crippen MR) is 36.0 cm³/mol. The Kier molecular flexibility index (Phi) is 1.12. The highest BCUT2D eigenvalue weighted by Crippen LogP contribution is 2.43. The summed E-state index contributed by atoms with van der Waals surface area (Å²) in [5.41, 5.74) is 1.31. The predicted octanol–water partition coefficient (Wildman–Crippen LogP) is 1.33. The molecule has 2 aliphatic rings. The number of fused-ring (bicyclic) bond motifs is 2. The van der Waals surface area contributed by atoms with Crippen molar-refractivity contribution in [2.75, 3.05) is 6.61 Å². The van der Waals surface area contributed by atoms with Crippen molar-refractivity contribution in [3.8, 4) is 0 Å². The van der Waals surface area contributed by atoms with E-state index in [4.69, 9.17) is 5.11 Å². The third kappa shape index (κ3) is 0.715. The second-order valence-corrected chi connectivity index (χ2v) is 3.17. The molecule has 2 rings (SSSR count). The van der Waals surface area contributed by atoms with Gasteiger partial charge in [0, 0.05) is 0 Å². The van der Waals surface area contributed by atoms with Crippen molar-refractivity contribution in [2.24, 2.45) is 11.8 Å². The summed E-state index contributed by atoms with van der Waals surface area (Å²) in [5, 5.41) is 8.82. The van der Waals surface area contributed by atoms with E-state index in [0.717, 1.165) is 11.8 Å². The first-order valence-electron chi connectivity index (χ1n) is 3.71. The molecule has 0 saturated heterocycles. The van der Waals surface area contributed by atoms with E-state index >= 15 is 0 Å². The van der Waals surface area contributed by atoms with Crippen LogP contribution in [0.3, 0.4) is 0 Å². The van der Waals surface area contributed by atoms with Gasteiger partial charge in [0.25, 0.3) is 0 Å². The Labute approximate surface area is 55.4 Å². The highest BCUT2D eigenvalue weighted by Gasteiger charge is 2.31. The van der Waals surface area contributed by atoms with E-state index in [9.17, 15) is 0 Å². The number of hydrogen-bond donors (Lipinski definition) is 1. The van der Waals surface area contributed by atoms with E-state index in [-0.39, 0.29) is 0 Å². The van der Waals surface area contributed by atoms with Gasteiger partial charge in [-0.3, -0.25) is 0 Å². The van der Waals surface area contributed by atoms with E-state index < -0.39 is 0 Å². The maximum Gasteiger partial charge on any atom is 0.0644 e. The molecule has 0 amide bonds. The van der Waals surface area contributed by atoms with Gasteiger partial charge >= 0.3 is 0 Å². The third-order valence-electron chi connectivity index (χ3n) is 2.63. The number of hydrogen-bond acceptors (Lipinski definition) is 1. The molecule has 0 aromatic rings. The molecular weight excluding hydrogens is 112 g/mol. The van der Waals surface area contributed by atoms with Crippen molar-refractivity contribution >= 4 is 0 Å². The van der Waals surface area contributed by atoms with E-state index in [1.807, 2.05) is 0 Å². The van der Waals surface area contributed by atoms with Crippen LogP contribution in [0.15, 0.2) is 11.6 Å². The van der Waals surface area contributed by atoms with Gasteiger partial charge in [0.2, 0.25) is 0 Å². The second-order valence-electron chi connectivity index (χ2n) is 3.17. The summed E-state index contributed by atoms with van der Waals surface area (Å²) in [7, 11) is 0. The lowest BCUT2D eigenvalue weighted by molar-refractivity contribution is 0.315. The van der Waals surface area contributed by atoms with Crippen LogP contribution >= 0.6 is 0 Å². The topological polar surface area (TPSA) is 20.2 Å². The first kappa shape index (κ1) is 5.48. The molecule has 1 heteroatoms. The number of allylic oxidation sites excluding steroid dienone is 1. The SMILES string of the molecule is OCC1=C[C@@H]2CC[C@H]1C2. The lowest BCUT2D eigenvalue weighted by atomic mass is 10.00. The summed E-state index contributed by atoms with van der Waals surface area (Å²) < 4.78 is 0. The summed E-state index contributed by atoms with van der Waals surface area (Å²) in [6.45, 7) is 0.307. The molecular formula is C8H12O. The van der Waals surface area contributed by atoms with E-state index in [0.29, 0.717) is 6.61 Å². The molecule has 0 aromatic heterocycles. The Morgan fingerprint density at radius 2 is 2.44 bits per heavy atom. The minimum atomic E-state index is 0.307. The molecule has 50 valence electrons.